The van der Waals surface area contributed by atoms with E-state index >= 15 is 0 Å². The molecule has 0 aliphatic heterocycles. The van der Waals surface area contributed by atoms with Gasteiger partial charge in [0.05, 0.1) is 19.3 Å². The van der Waals surface area contributed by atoms with Crippen molar-refractivity contribution in [3.8, 4) is 11.8 Å². The Morgan fingerprint density at radius 1 is 1.38 bits per heavy atom. The third kappa shape index (κ3) is 3.56. The number of aliphatic hydroxyl groups is 1. The molecular weight excluding hydrogens is 202 g/mol. The molecule has 1 aromatic rings. The summed E-state index contributed by atoms with van der Waals surface area (Å²) in [7, 11) is 0. The van der Waals surface area contributed by atoms with Gasteiger partial charge in [0.1, 0.15) is 5.75 Å². The highest BCUT2D eigenvalue weighted by Gasteiger charge is 2.05. The van der Waals surface area contributed by atoms with Gasteiger partial charge < -0.3 is 9.84 Å². The Hall–Kier alpha value is -1.53. The Morgan fingerprint density at radius 3 is 2.88 bits per heavy atom. The fourth-order valence-corrected chi connectivity index (χ4v) is 1.52. The summed E-state index contributed by atoms with van der Waals surface area (Å²) in [6.07, 6.45) is 2.30. The van der Waals surface area contributed by atoms with E-state index in [0.29, 0.717) is 13.0 Å². The van der Waals surface area contributed by atoms with Crippen LogP contribution in [0.4, 0.5) is 0 Å². The zero-order chi connectivity index (χ0) is 11.8. The van der Waals surface area contributed by atoms with Crippen LogP contribution in [0.25, 0.3) is 0 Å². The average Bonchev–Trinajstić information content (AvgIpc) is 2.30. The number of nitriles is 1. The molecule has 0 saturated carbocycles. The zero-order valence-electron chi connectivity index (χ0n) is 9.57. The molecule has 0 aliphatic rings. The minimum atomic E-state index is -0.00475. The molecule has 16 heavy (non-hydrogen) atoms. The minimum Gasteiger partial charge on any atom is -0.493 e. The lowest BCUT2D eigenvalue weighted by molar-refractivity contribution is 0.259. The van der Waals surface area contributed by atoms with Crippen LogP contribution >= 0.6 is 0 Å². The summed E-state index contributed by atoms with van der Waals surface area (Å²) in [5.74, 6) is 0.780. The van der Waals surface area contributed by atoms with Crippen molar-refractivity contribution >= 4 is 0 Å². The van der Waals surface area contributed by atoms with Crippen molar-refractivity contribution in [3.63, 3.8) is 0 Å². The highest BCUT2D eigenvalue weighted by molar-refractivity contribution is 5.40. The first-order valence-corrected chi connectivity index (χ1v) is 5.48. The molecule has 86 valence electrons. The molecule has 1 N–H and O–H groups in total. The van der Waals surface area contributed by atoms with Crippen molar-refractivity contribution in [1.29, 1.82) is 5.26 Å². The number of aliphatic hydroxyl groups excluding tert-OH is 1. The maximum Gasteiger partial charge on any atom is 0.127 e. The third-order valence-electron chi connectivity index (χ3n) is 2.39. The molecule has 1 aromatic carbocycles. The highest BCUT2D eigenvalue weighted by Crippen LogP contribution is 2.23. The maximum atomic E-state index is 9.16. The van der Waals surface area contributed by atoms with Gasteiger partial charge in [0, 0.05) is 12.0 Å². The van der Waals surface area contributed by atoms with E-state index < -0.39 is 0 Å². The molecule has 0 amide bonds. The molecule has 0 aromatic heterocycles. The Labute approximate surface area is 96.3 Å². The van der Waals surface area contributed by atoms with Crippen molar-refractivity contribution < 1.29 is 9.84 Å². The van der Waals surface area contributed by atoms with Gasteiger partial charge in [-0.3, -0.25) is 0 Å². The van der Waals surface area contributed by atoms with E-state index in [2.05, 4.69) is 6.07 Å². The maximum absolute atomic E-state index is 9.16. The summed E-state index contributed by atoms with van der Waals surface area (Å²) in [5.41, 5.74) is 1.85. The third-order valence-corrected chi connectivity index (χ3v) is 2.39. The Kier molecular flexibility index (Phi) is 5.38. The van der Waals surface area contributed by atoms with Crippen LogP contribution in [-0.2, 0) is 6.61 Å². The van der Waals surface area contributed by atoms with E-state index in [4.69, 9.17) is 15.1 Å². The number of hydrogen-bond acceptors (Lipinski definition) is 3. The quantitative estimate of drug-likeness (QED) is 0.748. The molecule has 1 rings (SSSR count). The van der Waals surface area contributed by atoms with Crippen molar-refractivity contribution in [1.82, 2.24) is 0 Å². The molecule has 0 atom stereocenters. The lowest BCUT2D eigenvalue weighted by atomic mass is 10.1. The predicted octanol–water partition coefficient (Wildman–Crippen LogP) is 2.56. The fourth-order valence-electron chi connectivity index (χ4n) is 1.52. The second-order valence-electron chi connectivity index (χ2n) is 3.68. The molecule has 3 heteroatoms. The molecule has 0 fully saturated rings. The van der Waals surface area contributed by atoms with Crippen molar-refractivity contribution in [2.24, 2.45) is 0 Å². The van der Waals surface area contributed by atoms with Gasteiger partial charge in [-0.25, -0.2) is 0 Å². The number of ether oxygens (including phenoxy) is 1. The van der Waals surface area contributed by atoms with Gasteiger partial charge in [0.25, 0.3) is 0 Å². The molecule has 0 spiro atoms. The van der Waals surface area contributed by atoms with Crippen molar-refractivity contribution in [3.05, 3.63) is 29.3 Å². The van der Waals surface area contributed by atoms with E-state index in [1.54, 1.807) is 0 Å². The summed E-state index contributed by atoms with van der Waals surface area (Å²) in [6, 6.07) is 7.83. The Bertz CT molecular complexity index is 369. The van der Waals surface area contributed by atoms with Crippen LogP contribution < -0.4 is 4.74 Å². The number of aryl methyl sites for hydroxylation is 1. The van der Waals surface area contributed by atoms with Gasteiger partial charge in [-0.2, -0.15) is 5.26 Å². The van der Waals surface area contributed by atoms with E-state index in [9.17, 15) is 0 Å². The number of benzene rings is 1. The molecule has 0 unspecified atom stereocenters. The molecule has 0 radical (unpaired) electrons. The summed E-state index contributed by atoms with van der Waals surface area (Å²) >= 11 is 0. The van der Waals surface area contributed by atoms with Crippen LogP contribution in [0.5, 0.6) is 5.75 Å². The largest absolute Gasteiger partial charge is 0.493 e. The summed E-state index contributed by atoms with van der Waals surface area (Å²) in [5, 5.41) is 17.5. The van der Waals surface area contributed by atoms with Gasteiger partial charge in [0.2, 0.25) is 0 Å². The average molecular weight is 219 g/mol. The van der Waals surface area contributed by atoms with Gasteiger partial charge in [-0.15, -0.1) is 0 Å². The normalized spacial score (nSPS) is 9.81. The monoisotopic (exact) mass is 219 g/mol. The minimum absolute atomic E-state index is 0.00475. The molecule has 0 heterocycles. The number of unbranched alkanes of at least 4 members (excludes halogenated alkanes) is 2. The first-order chi connectivity index (χ1) is 7.79. The van der Waals surface area contributed by atoms with Crippen molar-refractivity contribution in [2.45, 2.75) is 32.8 Å². The number of nitrogens with zero attached hydrogens (tertiary/aromatic N) is 1. The highest BCUT2D eigenvalue weighted by atomic mass is 16.5. The lowest BCUT2D eigenvalue weighted by Crippen LogP contribution is -2.02. The van der Waals surface area contributed by atoms with Crippen molar-refractivity contribution in [2.75, 3.05) is 6.61 Å². The van der Waals surface area contributed by atoms with E-state index in [1.165, 1.54) is 0 Å². The van der Waals surface area contributed by atoms with Crippen LogP contribution in [-0.4, -0.2) is 11.7 Å². The summed E-state index contributed by atoms with van der Waals surface area (Å²) < 4.78 is 5.64. The van der Waals surface area contributed by atoms with E-state index in [-0.39, 0.29) is 6.61 Å². The van der Waals surface area contributed by atoms with Crippen LogP contribution in [0, 0.1) is 18.3 Å². The summed E-state index contributed by atoms with van der Waals surface area (Å²) in [6.45, 7) is 2.55. The first kappa shape index (κ1) is 12.5. The Morgan fingerprint density at radius 2 is 2.19 bits per heavy atom. The standard InChI is InChI=1S/C13H17NO2/c1-11-6-5-7-12(10-15)13(11)16-9-4-2-3-8-14/h5-7,15H,2-4,9-10H2,1H3. The number of rotatable bonds is 6. The van der Waals surface area contributed by atoms with Crippen LogP contribution in [0.3, 0.4) is 0 Å². The Balaban J connectivity index is 2.50. The lowest BCUT2D eigenvalue weighted by Gasteiger charge is -2.12. The van der Waals surface area contributed by atoms with Gasteiger partial charge in [-0.05, 0) is 25.3 Å². The van der Waals surface area contributed by atoms with E-state index in [1.807, 2.05) is 25.1 Å². The van der Waals surface area contributed by atoms with Gasteiger partial charge in [-0.1, -0.05) is 18.2 Å². The molecule has 0 bridgehead atoms. The molecule has 3 nitrogen and oxygen atoms in total. The molecule has 0 saturated heterocycles. The van der Waals surface area contributed by atoms with Crippen LogP contribution in [0.1, 0.15) is 30.4 Å². The second-order valence-corrected chi connectivity index (χ2v) is 3.68. The second kappa shape index (κ2) is 6.86. The zero-order valence-corrected chi connectivity index (χ0v) is 9.57. The van der Waals surface area contributed by atoms with Crippen LogP contribution in [0.2, 0.25) is 0 Å². The smallest absolute Gasteiger partial charge is 0.127 e. The molecule has 0 aliphatic carbocycles. The van der Waals surface area contributed by atoms with Crippen LogP contribution in [0.15, 0.2) is 18.2 Å². The topological polar surface area (TPSA) is 53.2 Å². The molecular formula is C13H17NO2. The van der Waals surface area contributed by atoms with E-state index in [0.717, 1.165) is 29.7 Å². The number of para-hydroxylation sites is 1. The van der Waals surface area contributed by atoms with Gasteiger partial charge >= 0.3 is 0 Å². The SMILES string of the molecule is Cc1cccc(CO)c1OCCCCC#N. The predicted molar refractivity (Wildman–Crippen MR) is 62.1 cm³/mol. The first-order valence-electron chi connectivity index (χ1n) is 5.48. The fraction of sp³-hybridized carbons (Fsp3) is 0.462. The summed E-state index contributed by atoms with van der Waals surface area (Å²) in [4.78, 5) is 0. The number of hydrogen-bond donors (Lipinski definition) is 1. The van der Waals surface area contributed by atoms with Gasteiger partial charge in [0.15, 0.2) is 0 Å².